The van der Waals surface area contributed by atoms with Gasteiger partial charge >= 0.3 is 0 Å². The molecule has 1 amide bonds. The summed E-state index contributed by atoms with van der Waals surface area (Å²) >= 11 is 0. The topological polar surface area (TPSA) is 29.1 Å². The van der Waals surface area contributed by atoms with E-state index in [9.17, 15) is 4.79 Å². The smallest absolute Gasteiger partial charge is 0.226 e. The Hall–Kier alpha value is -0.530. The molecule has 1 aliphatic rings. The van der Waals surface area contributed by atoms with Crippen molar-refractivity contribution in [3.8, 4) is 0 Å². The third kappa shape index (κ3) is 5.00. The summed E-state index contributed by atoms with van der Waals surface area (Å²) < 4.78 is 0. The van der Waals surface area contributed by atoms with E-state index >= 15 is 0 Å². The van der Waals surface area contributed by atoms with Gasteiger partial charge in [0.2, 0.25) is 5.91 Å². The monoisotopic (exact) mass is 295 g/mol. The Morgan fingerprint density at radius 2 is 1.67 bits per heavy atom. The molecule has 21 heavy (non-hydrogen) atoms. The van der Waals surface area contributed by atoms with Crippen LogP contribution in [0, 0.1) is 22.2 Å². The van der Waals surface area contributed by atoms with Crippen molar-refractivity contribution in [2.24, 2.45) is 22.2 Å². The highest BCUT2D eigenvalue weighted by molar-refractivity contribution is 5.82. The molecule has 2 atom stereocenters. The molecule has 0 spiro atoms. The number of carbonyl (C=O) groups excluding carboxylic acids is 1. The molecule has 0 aromatic carbocycles. The zero-order chi connectivity index (χ0) is 16.7. The maximum absolute atomic E-state index is 12.8. The van der Waals surface area contributed by atoms with Crippen LogP contribution in [-0.2, 0) is 4.79 Å². The zero-order valence-electron chi connectivity index (χ0n) is 15.8. The van der Waals surface area contributed by atoms with Gasteiger partial charge in [0.05, 0.1) is 0 Å². The van der Waals surface area contributed by atoms with Crippen LogP contribution in [0.25, 0.3) is 0 Å². The van der Waals surface area contributed by atoms with Gasteiger partial charge in [0.1, 0.15) is 0 Å². The molecule has 0 aromatic rings. The molecule has 1 rings (SSSR count). The number of hydrogen-bond donors (Lipinski definition) is 1. The van der Waals surface area contributed by atoms with Crippen molar-refractivity contribution in [3.63, 3.8) is 0 Å². The number of nitrogens with one attached hydrogen (secondary N) is 1. The molecule has 0 heterocycles. The second-order valence-corrected chi connectivity index (χ2v) is 9.85. The Balaban J connectivity index is 2.66. The summed E-state index contributed by atoms with van der Waals surface area (Å²) in [5.74, 6) is 0.969. The third-order valence-corrected chi connectivity index (χ3v) is 5.59. The fourth-order valence-corrected chi connectivity index (χ4v) is 3.82. The van der Waals surface area contributed by atoms with E-state index in [0.29, 0.717) is 5.41 Å². The first kappa shape index (κ1) is 18.5. The molecule has 0 aliphatic heterocycles. The highest BCUT2D eigenvalue weighted by Crippen LogP contribution is 2.58. The molecule has 2 nitrogen and oxygen atoms in total. The minimum absolute atomic E-state index is 0.149. The van der Waals surface area contributed by atoms with Crippen molar-refractivity contribution >= 4 is 5.91 Å². The second-order valence-electron chi connectivity index (χ2n) is 9.85. The van der Waals surface area contributed by atoms with Gasteiger partial charge in [0, 0.05) is 11.0 Å². The van der Waals surface area contributed by atoms with Crippen molar-refractivity contribution in [1.29, 1.82) is 0 Å². The van der Waals surface area contributed by atoms with Crippen LogP contribution in [0.5, 0.6) is 0 Å². The van der Waals surface area contributed by atoms with Gasteiger partial charge in [-0.2, -0.15) is 0 Å². The van der Waals surface area contributed by atoms with Crippen LogP contribution in [0.3, 0.4) is 0 Å². The summed E-state index contributed by atoms with van der Waals surface area (Å²) in [7, 11) is 0. The van der Waals surface area contributed by atoms with Gasteiger partial charge in [0.15, 0.2) is 0 Å². The van der Waals surface area contributed by atoms with Crippen LogP contribution in [0.1, 0.15) is 88.0 Å². The Morgan fingerprint density at radius 1 is 1.19 bits per heavy atom. The normalized spacial score (nSPS) is 26.6. The summed E-state index contributed by atoms with van der Waals surface area (Å²) in [4.78, 5) is 12.8. The molecule has 0 saturated heterocycles. The lowest BCUT2D eigenvalue weighted by molar-refractivity contribution is -0.132. The van der Waals surface area contributed by atoms with Crippen LogP contribution in [-0.4, -0.2) is 11.4 Å². The van der Waals surface area contributed by atoms with E-state index in [1.54, 1.807) is 0 Å². The average molecular weight is 296 g/mol. The standard InChI is InChI=1S/C19H37NO/c1-10-16(3,4)12-18(7,8)20-15(21)17(5,6)13-19(9)11-14(19)2/h14H,10-13H2,1-9H3,(H,20,21)/t14-,19?/m1/s1. The number of rotatable bonds is 7. The maximum atomic E-state index is 12.8. The van der Waals surface area contributed by atoms with Crippen molar-refractivity contribution in [2.75, 3.05) is 0 Å². The number of carbonyl (C=O) groups is 1. The lowest BCUT2D eigenvalue weighted by atomic mass is 9.76. The molecular weight excluding hydrogens is 258 g/mol. The maximum Gasteiger partial charge on any atom is 0.226 e. The van der Waals surface area contributed by atoms with Crippen LogP contribution >= 0.6 is 0 Å². The van der Waals surface area contributed by atoms with E-state index in [4.69, 9.17) is 0 Å². The van der Waals surface area contributed by atoms with Gasteiger partial charge in [-0.15, -0.1) is 0 Å². The molecule has 1 unspecified atom stereocenters. The van der Waals surface area contributed by atoms with E-state index in [1.807, 2.05) is 0 Å². The quantitative estimate of drug-likeness (QED) is 0.689. The summed E-state index contributed by atoms with van der Waals surface area (Å²) in [5.41, 5.74) is 0.197. The van der Waals surface area contributed by atoms with Gasteiger partial charge in [-0.1, -0.05) is 54.9 Å². The van der Waals surface area contributed by atoms with Gasteiger partial charge in [-0.25, -0.2) is 0 Å². The molecule has 1 fully saturated rings. The minimum Gasteiger partial charge on any atom is -0.351 e. The van der Waals surface area contributed by atoms with Gasteiger partial charge in [0.25, 0.3) is 0 Å². The van der Waals surface area contributed by atoms with Gasteiger partial charge < -0.3 is 5.32 Å². The van der Waals surface area contributed by atoms with Crippen molar-refractivity contribution in [1.82, 2.24) is 5.32 Å². The highest BCUT2D eigenvalue weighted by Gasteiger charge is 2.51. The summed E-state index contributed by atoms with van der Waals surface area (Å²) in [5, 5.41) is 3.31. The number of amides is 1. The molecule has 2 heteroatoms. The first-order valence-corrected chi connectivity index (χ1v) is 8.56. The van der Waals surface area contributed by atoms with E-state index in [2.05, 4.69) is 67.6 Å². The molecule has 0 bridgehead atoms. The fraction of sp³-hybridized carbons (Fsp3) is 0.947. The highest BCUT2D eigenvalue weighted by atomic mass is 16.2. The molecular formula is C19H37NO. The fourth-order valence-electron chi connectivity index (χ4n) is 3.82. The first-order chi connectivity index (χ1) is 9.23. The van der Waals surface area contributed by atoms with Crippen molar-refractivity contribution in [3.05, 3.63) is 0 Å². The summed E-state index contributed by atoms with van der Waals surface area (Å²) in [6.45, 7) is 19.9. The zero-order valence-corrected chi connectivity index (χ0v) is 15.8. The average Bonchev–Trinajstić information content (AvgIpc) is 2.82. The van der Waals surface area contributed by atoms with Crippen LogP contribution in [0.4, 0.5) is 0 Å². The first-order valence-electron chi connectivity index (χ1n) is 8.56. The molecule has 1 N–H and O–H groups in total. The SMILES string of the molecule is CCC(C)(C)CC(C)(C)NC(=O)C(C)(C)CC1(C)C[C@H]1C. The lowest BCUT2D eigenvalue weighted by Gasteiger charge is -2.38. The predicted octanol–water partition coefficient (Wildman–Crippen LogP) is 5.17. The van der Waals surface area contributed by atoms with Gasteiger partial charge in [-0.05, 0) is 49.9 Å². The predicted molar refractivity (Wildman–Crippen MR) is 91.2 cm³/mol. The summed E-state index contributed by atoms with van der Waals surface area (Å²) in [6, 6.07) is 0. The Labute approximate surface area is 132 Å². The molecule has 1 saturated carbocycles. The van der Waals surface area contributed by atoms with Crippen molar-refractivity contribution < 1.29 is 4.79 Å². The second kappa shape index (κ2) is 5.59. The molecule has 0 radical (unpaired) electrons. The van der Waals surface area contributed by atoms with Crippen LogP contribution < -0.4 is 5.32 Å². The lowest BCUT2D eigenvalue weighted by Crippen LogP contribution is -2.51. The van der Waals surface area contributed by atoms with E-state index < -0.39 is 0 Å². The third-order valence-electron chi connectivity index (χ3n) is 5.59. The van der Waals surface area contributed by atoms with E-state index in [0.717, 1.165) is 25.2 Å². The Kier molecular flexibility index (Phi) is 4.93. The van der Waals surface area contributed by atoms with E-state index in [-0.39, 0.29) is 22.3 Å². The minimum atomic E-state index is -0.285. The Morgan fingerprint density at radius 3 is 2.05 bits per heavy atom. The van der Waals surface area contributed by atoms with Crippen molar-refractivity contribution in [2.45, 2.75) is 93.5 Å². The molecule has 124 valence electrons. The summed E-state index contributed by atoms with van der Waals surface area (Å²) in [6.07, 6.45) is 4.38. The van der Waals surface area contributed by atoms with Crippen LogP contribution in [0.2, 0.25) is 0 Å². The van der Waals surface area contributed by atoms with E-state index in [1.165, 1.54) is 6.42 Å². The Bertz CT molecular complexity index is 394. The largest absolute Gasteiger partial charge is 0.351 e. The molecule has 0 aromatic heterocycles. The van der Waals surface area contributed by atoms with Gasteiger partial charge in [-0.3, -0.25) is 4.79 Å². The number of hydrogen-bond acceptors (Lipinski definition) is 1. The molecule has 1 aliphatic carbocycles. The van der Waals surface area contributed by atoms with Crippen LogP contribution in [0.15, 0.2) is 0 Å².